The van der Waals surface area contributed by atoms with Crippen molar-refractivity contribution in [2.45, 2.75) is 52.2 Å². The van der Waals surface area contributed by atoms with Crippen LogP contribution in [0.1, 0.15) is 46.5 Å². The highest BCUT2D eigenvalue weighted by atomic mass is 16.7. The molecule has 0 aromatic carbocycles. The lowest BCUT2D eigenvalue weighted by Crippen LogP contribution is -2.55. The zero-order valence-corrected chi connectivity index (χ0v) is 11.0. The Morgan fingerprint density at radius 1 is 1.12 bits per heavy atom. The van der Waals surface area contributed by atoms with Crippen molar-refractivity contribution in [1.82, 2.24) is 0 Å². The topological polar surface area (TPSA) is 35.5 Å². The van der Waals surface area contributed by atoms with Crippen LogP contribution in [0, 0.1) is 16.7 Å². The minimum Gasteiger partial charge on any atom is -0.347 e. The Kier molecular flexibility index (Phi) is 2.28. The second kappa shape index (κ2) is 3.33. The summed E-state index contributed by atoms with van der Waals surface area (Å²) >= 11 is 0. The van der Waals surface area contributed by atoms with Crippen LogP contribution in [-0.4, -0.2) is 24.8 Å². The fourth-order valence-corrected chi connectivity index (χ4v) is 4.39. The van der Waals surface area contributed by atoms with Gasteiger partial charge in [-0.2, -0.15) is 0 Å². The molecular weight excluding hydrogens is 216 g/mol. The molecule has 3 fully saturated rings. The van der Waals surface area contributed by atoms with Crippen molar-refractivity contribution in [3.8, 4) is 0 Å². The van der Waals surface area contributed by atoms with Gasteiger partial charge in [0.15, 0.2) is 5.79 Å². The third-order valence-corrected chi connectivity index (χ3v) is 5.95. The van der Waals surface area contributed by atoms with Crippen LogP contribution >= 0.6 is 0 Å². The van der Waals surface area contributed by atoms with Gasteiger partial charge < -0.3 is 9.47 Å². The molecule has 1 aliphatic heterocycles. The lowest BCUT2D eigenvalue weighted by molar-refractivity contribution is -0.259. The van der Waals surface area contributed by atoms with Gasteiger partial charge >= 0.3 is 0 Å². The molecular formula is C14H22O3. The van der Waals surface area contributed by atoms with E-state index in [9.17, 15) is 4.79 Å². The molecule has 0 aromatic heterocycles. The van der Waals surface area contributed by atoms with Gasteiger partial charge in [0, 0.05) is 25.2 Å². The first-order valence-electron chi connectivity index (χ1n) is 6.72. The zero-order chi connectivity index (χ0) is 12.3. The van der Waals surface area contributed by atoms with E-state index in [0.717, 1.165) is 19.3 Å². The summed E-state index contributed by atoms with van der Waals surface area (Å²) < 4.78 is 11.8. The molecule has 3 heteroatoms. The molecule has 0 radical (unpaired) electrons. The number of carbonyl (C=O) groups excluding carboxylic acids is 1. The van der Waals surface area contributed by atoms with E-state index in [-0.39, 0.29) is 10.8 Å². The van der Waals surface area contributed by atoms with Crippen LogP contribution in [-0.2, 0) is 14.3 Å². The lowest BCUT2D eigenvalue weighted by Gasteiger charge is -2.55. The normalized spacial score (nSPS) is 48.6. The summed E-state index contributed by atoms with van der Waals surface area (Å²) in [6, 6.07) is 0. The van der Waals surface area contributed by atoms with Gasteiger partial charge in [-0.05, 0) is 17.3 Å². The third-order valence-electron chi connectivity index (χ3n) is 5.95. The Balaban J connectivity index is 1.99. The molecule has 1 unspecified atom stereocenters. The Hall–Kier alpha value is -0.410. The molecule has 0 bridgehead atoms. The molecule has 3 rings (SSSR count). The van der Waals surface area contributed by atoms with Crippen molar-refractivity contribution in [2.75, 3.05) is 13.2 Å². The average molecular weight is 238 g/mol. The first-order valence-corrected chi connectivity index (χ1v) is 6.72. The van der Waals surface area contributed by atoms with Crippen LogP contribution in [0.25, 0.3) is 0 Å². The summed E-state index contributed by atoms with van der Waals surface area (Å²) in [5.41, 5.74) is 0.177. The Labute approximate surface area is 103 Å². The number of hydrogen-bond acceptors (Lipinski definition) is 3. The molecule has 1 spiro atoms. The maximum Gasteiger partial charge on any atom is 0.171 e. The molecule has 3 atom stereocenters. The Morgan fingerprint density at radius 3 is 2.41 bits per heavy atom. The van der Waals surface area contributed by atoms with E-state index in [1.807, 2.05) is 0 Å². The molecule has 17 heavy (non-hydrogen) atoms. The fourth-order valence-electron chi connectivity index (χ4n) is 4.39. The number of ketones is 1. The number of hydrogen-bond donors (Lipinski definition) is 0. The van der Waals surface area contributed by atoms with Gasteiger partial charge in [-0.3, -0.25) is 4.79 Å². The predicted molar refractivity (Wildman–Crippen MR) is 63.5 cm³/mol. The molecule has 2 aliphatic carbocycles. The summed E-state index contributed by atoms with van der Waals surface area (Å²) in [5.74, 6) is 0.304. The van der Waals surface area contributed by atoms with E-state index >= 15 is 0 Å². The van der Waals surface area contributed by atoms with Crippen LogP contribution in [0.4, 0.5) is 0 Å². The van der Waals surface area contributed by atoms with Gasteiger partial charge in [0.05, 0.1) is 13.2 Å². The van der Waals surface area contributed by atoms with E-state index in [1.165, 1.54) is 0 Å². The summed E-state index contributed by atoms with van der Waals surface area (Å²) in [5, 5.41) is 0. The first-order chi connectivity index (χ1) is 7.92. The lowest BCUT2D eigenvalue weighted by atomic mass is 9.53. The van der Waals surface area contributed by atoms with E-state index in [1.54, 1.807) is 0 Å². The number of fused-ring (bicyclic) bond motifs is 1. The maximum atomic E-state index is 11.9. The SMILES string of the molecule is CC1C2(CC[C@@]3(C)CC(=O)C[C@@]13C)OCCO2. The number of carbonyl (C=O) groups is 1. The van der Waals surface area contributed by atoms with E-state index in [0.29, 0.717) is 31.3 Å². The van der Waals surface area contributed by atoms with Crippen LogP contribution in [0.2, 0.25) is 0 Å². The second-order valence-corrected chi connectivity index (χ2v) is 6.60. The minimum atomic E-state index is -0.404. The molecule has 2 saturated carbocycles. The molecule has 1 saturated heterocycles. The van der Waals surface area contributed by atoms with Gasteiger partial charge in [0.2, 0.25) is 0 Å². The molecule has 96 valence electrons. The van der Waals surface area contributed by atoms with Crippen molar-refractivity contribution >= 4 is 5.78 Å². The summed E-state index contributed by atoms with van der Waals surface area (Å²) in [6.07, 6.45) is 3.41. The highest BCUT2D eigenvalue weighted by Crippen LogP contribution is 2.65. The van der Waals surface area contributed by atoms with Gasteiger partial charge in [-0.1, -0.05) is 20.8 Å². The molecule has 0 amide bonds. The van der Waals surface area contributed by atoms with Crippen molar-refractivity contribution in [2.24, 2.45) is 16.7 Å². The molecule has 1 heterocycles. The Bertz CT molecular complexity index is 358. The minimum absolute atomic E-state index is 0.0344. The number of Topliss-reactive ketones (excluding diaryl/α,β-unsaturated/α-hetero) is 1. The Morgan fingerprint density at radius 2 is 1.76 bits per heavy atom. The second-order valence-electron chi connectivity index (χ2n) is 6.60. The summed E-state index contributed by atoms with van der Waals surface area (Å²) in [6.45, 7) is 8.14. The summed E-state index contributed by atoms with van der Waals surface area (Å²) in [4.78, 5) is 11.9. The van der Waals surface area contributed by atoms with Crippen LogP contribution < -0.4 is 0 Å². The van der Waals surface area contributed by atoms with Crippen LogP contribution in [0.15, 0.2) is 0 Å². The third kappa shape index (κ3) is 1.33. The molecule has 0 N–H and O–H groups in total. The first kappa shape index (κ1) is 11.7. The maximum absolute atomic E-state index is 11.9. The quantitative estimate of drug-likeness (QED) is 0.650. The van der Waals surface area contributed by atoms with Gasteiger partial charge in [0.25, 0.3) is 0 Å². The van der Waals surface area contributed by atoms with Crippen molar-refractivity contribution in [1.29, 1.82) is 0 Å². The van der Waals surface area contributed by atoms with Crippen molar-refractivity contribution in [3.63, 3.8) is 0 Å². The highest BCUT2D eigenvalue weighted by molar-refractivity contribution is 5.83. The van der Waals surface area contributed by atoms with Crippen LogP contribution in [0.5, 0.6) is 0 Å². The standard InChI is InChI=1S/C14H22O3/c1-10-13(3)9-11(15)8-12(13,2)4-5-14(10)16-6-7-17-14/h10H,4-9H2,1-3H3/t10?,12-,13-/m0/s1. The van der Waals surface area contributed by atoms with E-state index < -0.39 is 5.79 Å². The van der Waals surface area contributed by atoms with Crippen LogP contribution in [0.3, 0.4) is 0 Å². The van der Waals surface area contributed by atoms with Gasteiger partial charge in [-0.15, -0.1) is 0 Å². The van der Waals surface area contributed by atoms with Crippen molar-refractivity contribution in [3.05, 3.63) is 0 Å². The van der Waals surface area contributed by atoms with Gasteiger partial charge in [0.1, 0.15) is 5.78 Å². The number of ether oxygens (including phenoxy) is 2. The molecule has 3 aliphatic rings. The van der Waals surface area contributed by atoms with Crippen molar-refractivity contribution < 1.29 is 14.3 Å². The number of rotatable bonds is 0. The zero-order valence-electron chi connectivity index (χ0n) is 11.0. The predicted octanol–water partition coefficient (Wildman–Crippen LogP) is 2.53. The molecule has 3 nitrogen and oxygen atoms in total. The monoisotopic (exact) mass is 238 g/mol. The van der Waals surface area contributed by atoms with E-state index in [2.05, 4.69) is 20.8 Å². The molecule has 0 aromatic rings. The summed E-state index contributed by atoms with van der Waals surface area (Å²) in [7, 11) is 0. The highest BCUT2D eigenvalue weighted by Gasteiger charge is 2.64. The average Bonchev–Trinajstić information content (AvgIpc) is 2.80. The van der Waals surface area contributed by atoms with E-state index in [4.69, 9.17) is 9.47 Å². The largest absolute Gasteiger partial charge is 0.347 e. The fraction of sp³-hybridized carbons (Fsp3) is 0.929. The van der Waals surface area contributed by atoms with Gasteiger partial charge in [-0.25, -0.2) is 0 Å². The smallest absolute Gasteiger partial charge is 0.171 e.